The molecule has 1 aromatic rings. The Morgan fingerprint density at radius 2 is 1.82 bits per heavy atom. The molecule has 0 saturated heterocycles. The van der Waals surface area contributed by atoms with E-state index in [2.05, 4.69) is 67.3 Å². The van der Waals surface area contributed by atoms with Gasteiger partial charge in [-0.25, -0.2) is 0 Å². The Kier molecular flexibility index (Phi) is 4.16. The number of nitrogens with zero attached hydrogens (tertiary/aromatic N) is 1. The molecule has 1 atom stereocenters. The minimum absolute atomic E-state index is 0.446. The van der Waals surface area contributed by atoms with Gasteiger partial charge in [-0.3, -0.25) is 4.90 Å². The first-order chi connectivity index (χ1) is 8.36. The zero-order valence-corrected chi connectivity index (χ0v) is 10.8. The molecule has 0 amide bonds. The Labute approximate surface area is 104 Å². The van der Waals surface area contributed by atoms with Gasteiger partial charge in [0.2, 0.25) is 0 Å². The predicted octanol–water partition coefficient (Wildman–Crippen LogP) is 3.96. The number of hydrogen-bond donors (Lipinski definition) is 0. The van der Waals surface area contributed by atoms with Crippen LogP contribution in [0.3, 0.4) is 0 Å². The van der Waals surface area contributed by atoms with Crippen molar-refractivity contribution in [1.29, 1.82) is 0 Å². The standard InChI is InChI=1S/C16H21N/c1-3-17(4-2)16(15-12-8-9-13-15)14-10-6-5-7-11-14/h5-12,16H,3-4,13H2,1-2H3. The third-order valence-corrected chi connectivity index (χ3v) is 3.44. The molecule has 1 nitrogen and oxygen atoms in total. The molecule has 1 aliphatic carbocycles. The van der Waals surface area contributed by atoms with Crippen molar-refractivity contribution in [2.24, 2.45) is 0 Å². The van der Waals surface area contributed by atoms with E-state index in [0.717, 1.165) is 19.5 Å². The van der Waals surface area contributed by atoms with E-state index in [9.17, 15) is 0 Å². The average Bonchev–Trinajstić information content (AvgIpc) is 2.90. The number of hydrogen-bond acceptors (Lipinski definition) is 1. The molecule has 0 heterocycles. The molecule has 1 aromatic carbocycles. The van der Waals surface area contributed by atoms with Gasteiger partial charge in [-0.1, -0.05) is 62.4 Å². The zero-order valence-electron chi connectivity index (χ0n) is 10.8. The van der Waals surface area contributed by atoms with E-state index in [-0.39, 0.29) is 0 Å². The van der Waals surface area contributed by atoms with Gasteiger partial charge in [0.15, 0.2) is 0 Å². The summed E-state index contributed by atoms with van der Waals surface area (Å²) >= 11 is 0. The molecule has 17 heavy (non-hydrogen) atoms. The van der Waals surface area contributed by atoms with Crippen LogP contribution in [-0.4, -0.2) is 18.0 Å². The average molecular weight is 227 g/mol. The second-order valence-corrected chi connectivity index (χ2v) is 4.41. The molecule has 0 aliphatic heterocycles. The van der Waals surface area contributed by atoms with Crippen molar-refractivity contribution in [3.05, 3.63) is 59.7 Å². The highest BCUT2D eigenvalue weighted by atomic mass is 15.1. The first-order valence-corrected chi connectivity index (χ1v) is 6.51. The van der Waals surface area contributed by atoms with Gasteiger partial charge in [-0.15, -0.1) is 0 Å². The number of benzene rings is 1. The minimum atomic E-state index is 0.446. The monoisotopic (exact) mass is 227 g/mol. The number of allylic oxidation sites excluding steroid dienone is 3. The molecule has 0 spiro atoms. The molecule has 0 N–H and O–H groups in total. The Bertz CT molecular complexity index is 399. The summed E-state index contributed by atoms with van der Waals surface area (Å²) in [5, 5.41) is 0. The molecule has 90 valence electrons. The van der Waals surface area contributed by atoms with Crippen LogP contribution in [0.15, 0.2) is 54.1 Å². The van der Waals surface area contributed by atoms with Gasteiger partial charge < -0.3 is 0 Å². The Balaban J connectivity index is 2.30. The summed E-state index contributed by atoms with van der Waals surface area (Å²) < 4.78 is 0. The largest absolute Gasteiger partial charge is 0.293 e. The summed E-state index contributed by atoms with van der Waals surface area (Å²) in [5.74, 6) is 0. The highest BCUT2D eigenvalue weighted by molar-refractivity contribution is 5.34. The Hall–Kier alpha value is -1.34. The summed E-state index contributed by atoms with van der Waals surface area (Å²) in [4.78, 5) is 2.52. The predicted molar refractivity (Wildman–Crippen MR) is 73.9 cm³/mol. The van der Waals surface area contributed by atoms with Crippen molar-refractivity contribution >= 4 is 0 Å². The lowest BCUT2D eigenvalue weighted by Gasteiger charge is -2.31. The number of likely N-dealkylation sites (N-methyl/N-ethyl adjacent to an activating group) is 1. The van der Waals surface area contributed by atoms with Crippen LogP contribution in [0.5, 0.6) is 0 Å². The fourth-order valence-electron chi connectivity index (χ4n) is 2.55. The van der Waals surface area contributed by atoms with E-state index in [1.807, 2.05) is 0 Å². The topological polar surface area (TPSA) is 3.24 Å². The van der Waals surface area contributed by atoms with E-state index in [1.54, 1.807) is 0 Å². The lowest BCUT2D eigenvalue weighted by Crippen LogP contribution is -2.29. The lowest BCUT2D eigenvalue weighted by molar-refractivity contribution is 0.245. The van der Waals surface area contributed by atoms with E-state index >= 15 is 0 Å². The highest BCUT2D eigenvalue weighted by Crippen LogP contribution is 2.32. The summed E-state index contributed by atoms with van der Waals surface area (Å²) in [6.45, 7) is 6.66. The summed E-state index contributed by atoms with van der Waals surface area (Å²) in [6, 6.07) is 11.3. The molecule has 0 saturated carbocycles. The van der Waals surface area contributed by atoms with Crippen molar-refractivity contribution in [2.75, 3.05) is 13.1 Å². The van der Waals surface area contributed by atoms with Crippen LogP contribution >= 0.6 is 0 Å². The maximum atomic E-state index is 2.52. The van der Waals surface area contributed by atoms with Gasteiger partial charge in [-0.2, -0.15) is 0 Å². The van der Waals surface area contributed by atoms with Crippen molar-refractivity contribution < 1.29 is 0 Å². The third kappa shape index (κ3) is 2.67. The first-order valence-electron chi connectivity index (χ1n) is 6.51. The van der Waals surface area contributed by atoms with Crippen LogP contribution < -0.4 is 0 Å². The number of rotatable bonds is 5. The van der Waals surface area contributed by atoms with Crippen LogP contribution in [0.1, 0.15) is 31.9 Å². The van der Waals surface area contributed by atoms with Gasteiger partial charge in [0, 0.05) is 0 Å². The van der Waals surface area contributed by atoms with E-state index in [4.69, 9.17) is 0 Å². The lowest BCUT2D eigenvalue weighted by atomic mass is 9.96. The van der Waals surface area contributed by atoms with Crippen molar-refractivity contribution in [3.8, 4) is 0 Å². The Morgan fingerprint density at radius 1 is 1.12 bits per heavy atom. The molecule has 1 aliphatic rings. The van der Waals surface area contributed by atoms with Crippen LogP contribution in [0, 0.1) is 0 Å². The Morgan fingerprint density at radius 3 is 2.35 bits per heavy atom. The van der Waals surface area contributed by atoms with Crippen LogP contribution in [0.2, 0.25) is 0 Å². The van der Waals surface area contributed by atoms with Crippen LogP contribution in [0.25, 0.3) is 0 Å². The second kappa shape index (κ2) is 5.83. The van der Waals surface area contributed by atoms with Crippen molar-refractivity contribution in [2.45, 2.75) is 26.3 Å². The molecule has 1 unspecified atom stereocenters. The van der Waals surface area contributed by atoms with Crippen molar-refractivity contribution in [1.82, 2.24) is 4.90 Å². The molecular formula is C16H21N. The van der Waals surface area contributed by atoms with E-state index in [1.165, 1.54) is 11.1 Å². The summed E-state index contributed by atoms with van der Waals surface area (Å²) in [7, 11) is 0. The van der Waals surface area contributed by atoms with Crippen molar-refractivity contribution in [3.63, 3.8) is 0 Å². The molecule has 0 bridgehead atoms. The minimum Gasteiger partial charge on any atom is -0.293 e. The highest BCUT2D eigenvalue weighted by Gasteiger charge is 2.21. The SMILES string of the molecule is CCN(CC)C(C1=CC=CC1)c1ccccc1. The first kappa shape index (κ1) is 12.1. The molecule has 2 rings (SSSR count). The van der Waals surface area contributed by atoms with Gasteiger partial charge in [0.1, 0.15) is 0 Å². The van der Waals surface area contributed by atoms with Gasteiger partial charge in [0.25, 0.3) is 0 Å². The quantitative estimate of drug-likeness (QED) is 0.736. The summed E-state index contributed by atoms with van der Waals surface area (Å²) in [5.41, 5.74) is 2.92. The normalized spacial score (nSPS) is 16.3. The smallest absolute Gasteiger partial charge is 0.0567 e. The maximum absolute atomic E-state index is 2.52. The molecule has 1 heteroatoms. The van der Waals surface area contributed by atoms with Gasteiger partial charge in [-0.05, 0) is 30.6 Å². The molecule has 0 fully saturated rings. The fraction of sp³-hybridized carbons (Fsp3) is 0.375. The van der Waals surface area contributed by atoms with E-state index in [0.29, 0.717) is 6.04 Å². The van der Waals surface area contributed by atoms with E-state index < -0.39 is 0 Å². The van der Waals surface area contributed by atoms with Gasteiger partial charge >= 0.3 is 0 Å². The molecule has 0 radical (unpaired) electrons. The molecule has 0 aromatic heterocycles. The second-order valence-electron chi connectivity index (χ2n) is 4.41. The maximum Gasteiger partial charge on any atom is 0.0567 e. The van der Waals surface area contributed by atoms with Crippen LogP contribution in [0.4, 0.5) is 0 Å². The summed E-state index contributed by atoms with van der Waals surface area (Å²) in [6.07, 6.45) is 7.79. The zero-order chi connectivity index (χ0) is 12.1. The third-order valence-electron chi connectivity index (χ3n) is 3.44. The van der Waals surface area contributed by atoms with Gasteiger partial charge in [0.05, 0.1) is 6.04 Å². The fourth-order valence-corrected chi connectivity index (χ4v) is 2.55. The van der Waals surface area contributed by atoms with Crippen LogP contribution in [-0.2, 0) is 0 Å². The molecular weight excluding hydrogens is 206 g/mol.